The highest BCUT2D eigenvalue weighted by atomic mass is 32.1. The number of hydrogen-bond acceptors (Lipinski definition) is 5. The van der Waals surface area contributed by atoms with Crippen LogP contribution in [0.4, 0.5) is 0 Å². The van der Waals surface area contributed by atoms with Crippen molar-refractivity contribution in [1.82, 2.24) is 19.0 Å². The van der Waals surface area contributed by atoms with Crippen molar-refractivity contribution in [3.63, 3.8) is 0 Å². The summed E-state index contributed by atoms with van der Waals surface area (Å²) in [7, 11) is 0. The Hall–Kier alpha value is -2.39. The minimum absolute atomic E-state index is 0.151. The maximum Gasteiger partial charge on any atom is 0.278 e. The maximum absolute atomic E-state index is 13.2. The van der Waals surface area contributed by atoms with Crippen molar-refractivity contribution in [2.45, 2.75) is 34.6 Å². The Morgan fingerprint density at radius 3 is 1.79 bits per heavy atom. The molecule has 0 unspecified atom stereocenters. The topological polar surface area (TPSA) is 46.0 Å². The Kier molecular flexibility index (Phi) is 8.53. The molecule has 0 radical (unpaired) electrons. The predicted molar refractivity (Wildman–Crippen MR) is 146 cm³/mol. The number of benzene rings is 2. The zero-order valence-corrected chi connectivity index (χ0v) is 22.2. The first-order valence-electron chi connectivity index (χ1n) is 11.1. The number of hydrogen-bond donors (Lipinski definition) is 1. The SMILES string of the molecule is CCN(CC)CC.Cc1ccccc1-n1c(=S)[nH]c2c(sc(=S)n2-c2ccccc2C)c1=O. The van der Waals surface area contributed by atoms with E-state index in [0.29, 0.717) is 19.1 Å². The number of rotatable bonds is 5. The molecule has 2 heterocycles. The molecule has 174 valence electrons. The monoisotopic (exact) mass is 498 g/mol. The van der Waals surface area contributed by atoms with Crippen LogP contribution < -0.4 is 5.56 Å². The van der Waals surface area contributed by atoms with Gasteiger partial charge in [0.1, 0.15) is 10.3 Å². The minimum Gasteiger partial charge on any atom is -0.316 e. The molecule has 1 N–H and O–H groups in total. The molecule has 2 aromatic heterocycles. The molecule has 0 bridgehead atoms. The first-order chi connectivity index (χ1) is 15.8. The fourth-order valence-corrected chi connectivity index (χ4v) is 5.31. The molecule has 4 rings (SSSR count). The molecule has 0 fully saturated rings. The molecule has 0 aliphatic heterocycles. The molecule has 4 aromatic rings. The van der Waals surface area contributed by atoms with Gasteiger partial charge < -0.3 is 9.88 Å². The van der Waals surface area contributed by atoms with Gasteiger partial charge in [0, 0.05) is 0 Å². The van der Waals surface area contributed by atoms with E-state index in [1.54, 1.807) is 4.57 Å². The second-order valence-corrected chi connectivity index (χ2v) is 9.68. The summed E-state index contributed by atoms with van der Waals surface area (Å²) in [4.78, 5) is 18.8. The summed E-state index contributed by atoms with van der Waals surface area (Å²) in [5, 5.41) is 0. The molecule has 33 heavy (non-hydrogen) atoms. The van der Waals surface area contributed by atoms with Gasteiger partial charge in [-0.3, -0.25) is 13.9 Å². The summed E-state index contributed by atoms with van der Waals surface area (Å²) >= 11 is 12.4. The quantitative estimate of drug-likeness (QED) is 0.315. The van der Waals surface area contributed by atoms with Crippen LogP contribution in [0, 0.1) is 22.6 Å². The van der Waals surface area contributed by atoms with Crippen molar-refractivity contribution >= 4 is 46.1 Å². The molecule has 0 aliphatic rings. The summed E-state index contributed by atoms with van der Waals surface area (Å²) in [5.74, 6) is 0. The Balaban J connectivity index is 0.000000383. The normalized spacial score (nSPS) is 11.0. The third kappa shape index (κ3) is 5.24. The van der Waals surface area contributed by atoms with Crippen LogP contribution in [0.2, 0.25) is 0 Å². The van der Waals surface area contributed by atoms with E-state index < -0.39 is 0 Å². The highest BCUT2D eigenvalue weighted by Gasteiger charge is 2.16. The van der Waals surface area contributed by atoms with E-state index in [2.05, 4.69) is 30.7 Å². The summed E-state index contributed by atoms with van der Waals surface area (Å²) in [6.45, 7) is 14.1. The lowest BCUT2D eigenvalue weighted by molar-refractivity contribution is 0.321. The largest absolute Gasteiger partial charge is 0.316 e. The second kappa shape index (κ2) is 11.2. The van der Waals surface area contributed by atoms with Gasteiger partial charge in [-0.1, -0.05) is 68.5 Å². The third-order valence-corrected chi connectivity index (χ3v) is 7.34. The number of aryl methyl sites for hydroxylation is 2. The molecule has 0 saturated heterocycles. The zero-order chi connectivity index (χ0) is 24.1. The van der Waals surface area contributed by atoms with Gasteiger partial charge in [-0.25, -0.2) is 0 Å². The van der Waals surface area contributed by atoms with Crippen molar-refractivity contribution in [2.24, 2.45) is 0 Å². The third-order valence-electron chi connectivity index (χ3n) is 5.69. The Morgan fingerprint density at radius 2 is 1.33 bits per heavy atom. The van der Waals surface area contributed by atoms with Crippen molar-refractivity contribution < 1.29 is 0 Å². The standard InChI is InChI=1S/C19H15N3OS3.C6H15N/c1-11-7-3-5-9-13(11)21-16-15(26-19(21)25)17(23)22(18(24)20-16)14-10-6-4-8-12(14)2;1-4-7(5-2)6-3/h3-10H,1-2H3,(H,20,24);4-6H2,1-3H3. The van der Waals surface area contributed by atoms with Crippen LogP contribution in [0.3, 0.4) is 0 Å². The van der Waals surface area contributed by atoms with Crippen LogP contribution >= 0.6 is 35.8 Å². The van der Waals surface area contributed by atoms with Gasteiger partial charge in [-0.05, 0) is 81.2 Å². The van der Waals surface area contributed by atoms with Crippen molar-refractivity contribution in [3.8, 4) is 11.4 Å². The molecular formula is C25H30N4OS3. The van der Waals surface area contributed by atoms with Gasteiger partial charge in [0.25, 0.3) is 5.56 Å². The van der Waals surface area contributed by atoms with E-state index >= 15 is 0 Å². The summed E-state index contributed by atoms with van der Waals surface area (Å²) in [6.07, 6.45) is 0. The summed E-state index contributed by atoms with van der Waals surface area (Å²) < 4.78 is 4.96. The van der Waals surface area contributed by atoms with Gasteiger partial charge >= 0.3 is 0 Å². The fraction of sp³-hybridized carbons (Fsp3) is 0.320. The fourth-order valence-electron chi connectivity index (χ4n) is 3.72. The Labute approximate surface area is 209 Å². The van der Waals surface area contributed by atoms with Gasteiger partial charge in [0.15, 0.2) is 8.73 Å². The Bertz CT molecular complexity index is 1420. The van der Waals surface area contributed by atoms with E-state index in [9.17, 15) is 4.79 Å². The Morgan fingerprint density at radius 1 is 0.848 bits per heavy atom. The molecule has 0 amide bonds. The lowest BCUT2D eigenvalue weighted by Gasteiger charge is -2.13. The molecule has 0 spiro atoms. The van der Waals surface area contributed by atoms with Crippen LogP contribution in [-0.4, -0.2) is 38.7 Å². The number of fused-ring (bicyclic) bond motifs is 1. The molecule has 5 nitrogen and oxygen atoms in total. The van der Waals surface area contributed by atoms with Gasteiger partial charge in [-0.2, -0.15) is 0 Å². The van der Waals surface area contributed by atoms with Gasteiger partial charge in [-0.15, -0.1) is 0 Å². The van der Waals surface area contributed by atoms with Crippen LogP contribution in [0.25, 0.3) is 21.7 Å². The van der Waals surface area contributed by atoms with Crippen LogP contribution in [-0.2, 0) is 0 Å². The summed E-state index contributed by atoms with van der Waals surface area (Å²) in [5.41, 5.74) is 4.28. The smallest absolute Gasteiger partial charge is 0.278 e. The van der Waals surface area contributed by atoms with E-state index in [0.717, 1.165) is 22.5 Å². The first kappa shape index (κ1) is 25.2. The zero-order valence-electron chi connectivity index (χ0n) is 19.7. The molecule has 0 aliphatic carbocycles. The van der Waals surface area contributed by atoms with E-state index in [-0.39, 0.29) is 5.56 Å². The van der Waals surface area contributed by atoms with Crippen LogP contribution in [0.1, 0.15) is 31.9 Å². The van der Waals surface area contributed by atoms with E-state index in [1.807, 2.05) is 66.9 Å². The van der Waals surface area contributed by atoms with Crippen LogP contribution in [0.15, 0.2) is 53.3 Å². The van der Waals surface area contributed by atoms with Crippen molar-refractivity contribution in [3.05, 3.63) is 78.7 Å². The molecule has 0 atom stereocenters. The number of para-hydroxylation sites is 2. The lowest BCUT2D eigenvalue weighted by Crippen LogP contribution is -2.21. The number of H-pyrrole nitrogens is 1. The van der Waals surface area contributed by atoms with Gasteiger partial charge in [0.2, 0.25) is 0 Å². The predicted octanol–water partition coefficient (Wildman–Crippen LogP) is 6.59. The average Bonchev–Trinajstić information content (AvgIpc) is 3.13. The summed E-state index contributed by atoms with van der Waals surface area (Å²) in [6, 6.07) is 15.6. The number of nitrogens with zero attached hydrogens (tertiary/aromatic N) is 3. The molecule has 2 aromatic carbocycles. The first-order valence-corrected chi connectivity index (χ1v) is 12.7. The number of aromatic amines is 1. The lowest BCUT2D eigenvalue weighted by atomic mass is 10.2. The van der Waals surface area contributed by atoms with Crippen molar-refractivity contribution in [2.75, 3.05) is 19.6 Å². The number of aromatic nitrogens is 3. The average molecular weight is 499 g/mol. The second-order valence-electron chi connectivity index (χ2n) is 7.64. The number of thiazole rings is 1. The maximum atomic E-state index is 13.2. The highest BCUT2D eigenvalue weighted by molar-refractivity contribution is 7.73. The molecule has 8 heteroatoms. The molecule has 0 saturated carbocycles. The highest BCUT2D eigenvalue weighted by Crippen LogP contribution is 2.25. The van der Waals surface area contributed by atoms with Gasteiger partial charge in [0.05, 0.1) is 11.4 Å². The molecular weight excluding hydrogens is 469 g/mol. The van der Waals surface area contributed by atoms with Crippen LogP contribution in [0.5, 0.6) is 0 Å². The van der Waals surface area contributed by atoms with E-state index in [1.165, 1.54) is 31.0 Å². The number of nitrogens with one attached hydrogen (secondary N) is 1. The minimum atomic E-state index is -0.151. The van der Waals surface area contributed by atoms with E-state index in [4.69, 9.17) is 24.4 Å². The van der Waals surface area contributed by atoms with Crippen molar-refractivity contribution in [1.29, 1.82) is 0 Å².